The predicted octanol–water partition coefficient (Wildman–Crippen LogP) is 2.07. The number of nitrogens with one attached hydrogen (secondary N) is 2. The highest BCUT2D eigenvalue weighted by Crippen LogP contribution is 2.27. The molecular weight excluding hydrogens is 320 g/mol. The monoisotopic (exact) mass is 350 g/mol. The van der Waals surface area contributed by atoms with Crippen molar-refractivity contribution in [1.82, 2.24) is 10.6 Å². The molecule has 4 N–H and O–H groups in total. The summed E-state index contributed by atoms with van der Waals surface area (Å²) in [5.74, 6) is 0.547. The average Bonchev–Trinajstić information content (AvgIpc) is 2.58. The van der Waals surface area contributed by atoms with E-state index in [0.29, 0.717) is 11.5 Å². The summed E-state index contributed by atoms with van der Waals surface area (Å²) in [5, 5.41) is 26.2. The van der Waals surface area contributed by atoms with E-state index in [1.165, 1.54) is 5.56 Å². The number of benzene rings is 1. The Kier molecular flexibility index (Phi) is 6.81. The topological polar surface area (TPSA) is 90.8 Å². The van der Waals surface area contributed by atoms with Crippen LogP contribution in [-0.4, -0.2) is 47.6 Å². The minimum Gasteiger partial charge on any atom is -0.444 e. The maximum atomic E-state index is 11.6. The number of hydrogen-bond donors (Lipinski definition) is 4. The number of hydrogen-bond acceptors (Lipinski definition) is 5. The van der Waals surface area contributed by atoms with Crippen molar-refractivity contribution >= 4 is 6.09 Å². The van der Waals surface area contributed by atoms with E-state index in [4.69, 9.17) is 4.74 Å². The van der Waals surface area contributed by atoms with E-state index in [0.717, 1.165) is 25.9 Å². The second-order valence-corrected chi connectivity index (χ2v) is 7.59. The van der Waals surface area contributed by atoms with E-state index in [1.54, 1.807) is 20.8 Å². The number of ether oxygens (including phenoxy) is 1. The summed E-state index contributed by atoms with van der Waals surface area (Å²) in [5.41, 5.74) is 1.30. The number of amides is 1. The first-order chi connectivity index (χ1) is 11.8. The van der Waals surface area contributed by atoms with E-state index < -0.39 is 23.9 Å². The summed E-state index contributed by atoms with van der Waals surface area (Å²) in [6.45, 7) is 7.28. The van der Waals surface area contributed by atoms with Crippen molar-refractivity contribution < 1.29 is 19.7 Å². The summed E-state index contributed by atoms with van der Waals surface area (Å²) >= 11 is 0. The third-order valence-electron chi connectivity index (χ3n) is 4.31. The molecule has 2 atom stereocenters. The molecule has 1 heterocycles. The molecule has 0 saturated carbocycles. The Morgan fingerprint density at radius 2 is 1.84 bits per heavy atom. The lowest BCUT2D eigenvalue weighted by molar-refractivity contribution is 0.0129. The van der Waals surface area contributed by atoms with Gasteiger partial charge in [0.25, 0.3) is 0 Å². The summed E-state index contributed by atoms with van der Waals surface area (Å²) in [6, 6.07) is 7.72. The van der Waals surface area contributed by atoms with Crippen LogP contribution in [0.15, 0.2) is 24.3 Å². The molecule has 0 bridgehead atoms. The van der Waals surface area contributed by atoms with Gasteiger partial charge in [0.15, 0.2) is 0 Å². The molecule has 0 spiro atoms. The predicted molar refractivity (Wildman–Crippen MR) is 96.5 cm³/mol. The molecule has 6 heteroatoms. The van der Waals surface area contributed by atoms with Gasteiger partial charge in [-0.2, -0.15) is 0 Å². The lowest BCUT2D eigenvalue weighted by Gasteiger charge is -2.24. The molecule has 1 aliphatic heterocycles. The van der Waals surface area contributed by atoms with Gasteiger partial charge in [-0.3, -0.25) is 0 Å². The van der Waals surface area contributed by atoms with E-state index >= 15 is 0 Å². The van der Waals surface area contributed by atoms with Crippen LogP contribution in [0.3, 0.4) is 0 Å². The van der Waals surface area contributed by atoms with Crippen LogP contribution in [-0.2, 0) is 4.74 Å². The van der Waals surface area contributed by atoms with Crippen molar-refractivity contribution in [2.24, 2.45) is 0 Å². The Morgan fingerprint density at radius 1 is 1.24 bits per heavy atom. The van der Waals surface area contributed by atoms with E-state index in [2.05, 4.69) is 10.6 Å². The van der Waals surface area contributed by atoms with Crippen LogP contribution >= 0.6 is 0 Å². The van der Waals surface area contributed by atoms with Crippen molar-refractivity contribution in [1.29, 1.82) is 0 Å². The van der Waals surface area contributed by atoms with Crippen LogP contribution in [0, 0.1) is 0 Å². The van der Waals surface area contributed by atoms with Gasteiger partial charge in [-0.25, -0.2) is 4.79 Å². The number of aliphatic hydroxyl groups excluding tert-OH is 2. The third kappa shape index (κ3) is 6.30. The Balaban J connectivity index is 1.86. The average molecular weight is 350 g/mol. The molecule has 0 aliphatic carbocycles. The van der Waals surface area contributed by atoms with Crippen LogP contribution < -0.4 is 10.6 Å². The van der Waals surface area contributed by atoms with Crippen LogP contribution in [0.4, 0.5) is 4.79 Å². The molecule has 1 aromatic rings. The molecule has 1 saturated heterocycles. The molecule has 0 radical (unpaired) electrons. The molecule has 0 aromatic heterocycles. The zero-order chi connectivity index (χ0) is 18.4. The van der Waals surface area contributed by atoms with Gasteiger partial charge in [0.05, 0.1) is 0 Å². The Bertz CT molecular complexity index is 548. The number of carbonyl (C=O) groups is 1. The van der Waals surface area contributed by atoms with Gasteiger partial charge in [-0.05, 0) is 63.7 Å². The highest BCUT2D eigenvalue weighted by Gasteiger charge is 2.22. The molecule has 1 amide bonds. The van der Waals surface area contributed by atoms with Crippen LogP contribution in [0.5, 0.6) is 0 Å². The fourth-order valence-corrected chi connectivity index (χ4v) is 2.96. The first-order valence-corrected chi connectivity index (χ1v) is 8.90. The number of carbonyl (C=O) groups excluding carboxylic acids is 1. The standard InChI is InChI=1S/C19H30N2O4/c1-19(2,3)25-18(24)21-12-16(22)17(23)15-6-4-13(5-7-15)14-8-10-20-11-9-14/h4-7,14,16-17,20,22-23H,8-12H2,1-3H3,(H,21,24). The van der Waals surface area contributed by atoms with E-state index in [-0.39, 0.29) is 6.54 Å². The maximum absolute atomic E-state index is 11.6. The number of rotatable bonds is 5. The zero-order valence-corrected chi connectivity index (χ0v) is 15.3. The van der Waals surface area contributed by atoms with Gasteiger partial charge in [0.2, 0.25) is 0 Å². The van der Waals surface area contributed by atoms with Crippen molar-refractivity contribution in [3.05, 3.63) is 35.4 Å². The Labute approximate surface area is 149 Å². The molecule has 2 unspecified atom stereocenters. The lowest BCUT2D eigenvalue weighted by atomic mass is 9.89. The first-order valence-electron chi connectivity index (χ1n) is 8.90. The minimum atomic E-state index is -1.10. The number of alkyl carbamates (subject to hydrolysis) is 1. The van der Waals surface area contributed by atoms with Crippen molar-refractivity contribution in [2.75, 3.05) is 19.6 Å². The molecule has 2 rings (SSSR count). The molecular formula is C19H30N2O4. The largest absolute Gasteiger partial charge is 0.444 e. The van der Waals surface area contributed by atoms with Crippen LogP contribution in [0.2, 0.25) is 0 Å². The maximum Gasteiger partial charge on any atom is 0.407 e. The van der Waals surface area contributed by atoms with Crippen molar-refractivity contribution in [3.8, 4) is 0 Å². The summed E-state index contributed by atoms with van der Waals surface area (Å²) < 4.78 is 5.11. The van der Waals surface area contributed by atoms with Gasteiger partial charge in [-0.1, -0.05) is 24.3 Å². The number of aliphatic hydroxyl groups is 2. The van der Waals surface area contributed by atoms with Gasteiger partial charge < -0.3 is 25.6 Å². The molecule has 1 aliphatic rings. The molecule has 140 valence electrons. The zero-order valence-electron chi connectivity index (χ0n) is 15.3. The second-order valence-electron chi connectivity index (χ2n) is 7.59. The van der Waals surface area contributed by atoms with Gasteiger partial charge in [0, 0.05) is 6.54 Å². The third-order valence-corrected chi connectivity index (χ3v) is 4.31. The second kappa shape index (κ2) is 8.65. The molecule has 6 nitrogen and oxygen atoms in total. The number of piperidine rings is 1. The SMILES string of the molecule is CC(C)(C)OC(=O)NCC(O)C(O)c1ccc(C2CCNCC2)cc1. The smallest absolute Gasteiger partial charge is 0.407 e. The quantitative estimate of drug-likeness (QED) is 0.653. The fraction of sp³-hybridized carbons (Fsp3) is 0.632. The van der Waals surface area contributed by atoms with Gasteiger partial charge in [-0.15, -0.1) is 0 Å². The summed E-state index contributed by atoms with van der Waals surface area (Å²) in [4.78, 5) is 11.6. The Morgan fingerprint density at radius 3 is 2.40 bits per heavy atom. The Hall–Kier alpha value is -1.63. The fourth-order valence-electron chi connectivity index (χ4n) is 2.96. The minimum absolute atomic E-state index is 0.0773. The molecule has 1 aromatic carbocycles. The van der Waals surface area contributed by atoms with Gasteiger partial charge >= 0.3 is 6.09 Å². The lowest BCUT2D eigenvalue weighted by Crippen LogP contribution is -2.38. The van der Waals surface area contributed by atoms with E-state index in [9.17, 15) is 15.0 Å². The van der Waals surface area contributed by atoms with Crippen LogP contribution in [0.1, 0.15) is 56.8 Å². The van der Waals surface area contributed by atoms with E-state index in [1.807, 2.05) is 24.3 Å². The van der Waals surface area contributed by atoms with Crippen molar-refractivity contribution in [2.45, 2.75) is 57.3 Å². The highest BCUT2D eigenvalue weighted by atomic mass is 16.6. The van der Waals surface area contributed by atoms with Crippen molar-refractivity contribution in [3.63, 3.8) is 0 Å². The molecule has 25 heavy (non-hydrogen) atoms. The first kappa shape index (κ1) is 19.7. The summed E-state index contributed by atoms with van der Waals surface area (Å²) in [7, 11) is 0. The van der Waals surface area contributed by atoms with Gasteiger partial charge in [0.1, 0.15) is 17.8 Å². The van der Waals surface area contributed by atoms with Crippen LogP contribution in [0.25, 0.3) is 0 Å². The normalized spacial score (nSPS) is 18.4. The highest BCUT2D eigenvalue weighted by molar-refractivity contribution is 5.67. The summed E-state index contributed by atoms with van der Waals surface area (Å²) in [6.07, 6.45) is -0.538. The molecule has 1 fully saturated rings.